The van der Waals surface area contributed by atoms with Gasteiger partial charge in [0.2, 0.25) is 0 Å². The molecule has 2 aromatic heterocycles. The maximum atomic E-state index is 12.5. The highest BCUT2D eigenvalue weighted by Crippen LogP contribution is 2.31. The summed E-state index contributed by atoms with van der Waals surface area (Å²) < 4.78 is 1.80. The molecule has 3 heterocycles. The number of aromatic nitrogens is 3. The maximum absolute atomic E-state index is 12.5. The lowest BCUT2D eigenvalue weighted by Gasteiger charge is -2.18. The van der Waals surface area contributed by atoms with E-state index in [4.69, 9.17) is 0 Å². The molecular weight excluding hydrogens is 320 g/mol. The number of anilines is 2. The van der Waals surface area contributed by atoms with Crippen LogP contribution in [0.15, 0.2) is 64.7 Å². The summed E-state index contributed by atoms with van der Waals surface area (Å²) in [5.74, 6) is 1.71. The molecule has 24 heavy (non-hydrogen) atoms. The summed E-state index contributed by atoms with van der Waals surface area (Å²) in [5.41, 5.74) is 1.99. The van der Waals surface area contributed by atoms with E-state index in [-0.39, 0.29) is 5.56 Å². The van der Waals surface area contributed by atoms with E-state index in [0.29, 0.717) is 6.54 Å². The Morgan fingerprint density at radius 3 is 2.67 bits per heavy atom. The molecule has 1 aliphatic rings. The molecular formula is C18H16N4OS. The van der Waals surface area contributed by atoms with E-state index in [0.717, 1.165) is 34.5 Å². The van der Waals surface area contributed by atoms with Crippen molar-refractivity contribution in [3.8, 4) is 11.1 Å². The fourth-order valence-electron chi connectivity index (χ4n) is 2.96. The lowest BCUT2D eigenvalue weighted by molar-refractivity contribution is 0.765. The van der Waals surface area contributed by atoms with Crippen LogP contribution in [0.5, 0.6) is 0 Å². The van der Waals surface area contributed by atoms with Crippen molar-refractivity contribution in [1.82, 2.24) is 14.5 Å². The maximum Gasteiger partial charge on any atom is 0.252 e. The highest BCUT2D eigenvalue weighted by atomic mass is 32.2. The number of pyridine rings is 1. The number of nitrogens with zero attached hydrogens (tertiary/aromatic N) is 4. The summed E-state index contributed by atoms with van der Waals surface area (Å²) >= 11 is 1.51. The highest BCUT2D eigenvalue weighted by Gasteiger charge is 2.23. The molecule has 5 nitrogen and oxygen atoms in total. The standard InChI is InChI=1S/C18H16N4OS/c1-24-18-19-8-7-15(20-18)21-9-10-22-16(21)11-14(12-17(22)23)13-5-3-2-4-6-13/h2-8,11-12H,9-10H2,1H3. The van der Waals surface area contributed by atoms with Crippen LogP contribution in [0.2, 0.25) is 0 Å². The predicted molar refractivity (Wildman–Crippen MR) is 97.0 cm³/mol. The van der Waals surface area contributed by atoms with E-state index in [1.807, 2.05) is 42.7 Å². The van der Waals surface area contributed by atoms with Crippen molar-refractivity contribution in [1.29, 1.82) is 0 Å². The summed E-state index contributed by atoms with van der Waals surface area (Å²) in [6.45, 7) is 1.40. The zero-order chi connectivity index (χ0) is 16.5. The Morgan fingerprint density at radius 2 is 1.88 bits per heavy atom. The van der Waals surface area contributed by atoms with Crippen LogP contribution in [-0.2, 0) is 6.54 Å². The third-order valence-electron chi connectivity index (χ3n) is 4.11. The first-order chi connectivity index (χ1) is 11.8. The molecule has 0 atom stereocenters. The van der Waals surface area contributed by atoms with Gasteiger partial charge in [0.1, 0.15) is 11.6 Å². The second kappa shape index (κ2) is 6.13. The predicted octanol–water partition coefficient (Wildman–Crippen LogP) is 3.18. The van der Waals surface area contributed by atoms with Gasteiger partial charge in [-0.2, -0.15) is 0 Å². The third-order valence-corrected chi connectivity index (χ3v) is 4.68. The van der Waals surface area contributed by atoms with Crippen LogP contribution in [0.25, 0.3) is 11.1 Å². The molecule has 0 spiro atoms. The van der Waals surface area contributed by atoms with Crippen molar-refractivity contribution in [2.75, 3.05) is 17.7 Å². The fourth-order valence-corrected chi connectivity index (χ4v) is 3.31. The smallest absolute Gasteiger partial charge is 0.252 e. The number of fused-ring (bicyclic) bond motifs is 1. The van der Waals surface area contributed by atoms with Gasteiger partial charge in [0.15, 0.2) is 5.16 Å². The normalized spacial score (nSPS) is 13.1. The number of rotatable bonds is 3. The van der Waals surface area contributed by atoms with Crippen LogP contribution in [0.4, 0.5) is 11.6 Å². The molecule has 0 bridgehead atoms. The van der Waals surface area contributed by atoms with Crippen LogP contribution in [0.1, 0.15) is 0 Å². The fraction of sp³-hybridized carbons (Fsp3) is 0.167. The van der Waals surface area contributed by atoms with E-state index in [1.54, 1.807) is 16.8 Å². The van der Waals surface area contributed by atoms with Crippen LogP contribution in [0, 0.1) is 0 Å². The zero-order valence-electron chi connectivity index (χ0n) is 13.2. The van der Waals surface area contributed by atoms with Gasteiger partial charge in [-0.05, 0) is 29.5 Å². The van der Waals surface area contributed by atoms with Crippen LogP contribution >= 0.6 is 11.8 Å². The van der Waals surface area contributed by atoms with E-state index >= 15 is 0 Å². The molecule has 0 unspecified atom stereocenters. The van der Waals surface area contributed by atoms with Gasteiger partial charge in [-0.15, -0.1) is 0 Å². The van der Waals surface area contributed by atoms with E-state index < -0.39 is 0 Å². The Balaban J connectivity index is 1.82. The van der Waals surface area contributed by atoms with Gasteiger partial charge in [0, 0.05) is 25.4 Å². The highest BCUT2D eigenvalue weighted by molar-refractivity contribution is 7.98. The lowest BCUT2D eigenvalue weighted by atomic mass is 10.1. The van der Waals surface area contributed by atoms with Gasteiger partial charge in [0.25, 0.3) is 5.56 Å². The Bertz CT molecular complexity index is 939. The van der Waals surface area contributed by atoms with Gasteiger partial charge in [0.05, 0.1) is 0 Å². The van der Waals surface area contributed by atoms with E-state index in [9.17, 15) is 4.79 Å². The van der Waals surface area contributed by atoms with Gasteiger partial charge >= 0.3 is 0 Å². The van der Waals surface area contributed by atoms with Gasteiger partial charge in [-0.25, -0.2) is 9.97 Å². The number of hydrogen-bond donors (Lipinski definition) is 0. The van der Waals surface area contributed by atoms with Crippen molar-refractivity contribution in [3.05, 3.63) is 65.1 Å². The molecule has 1 aromatic carbocycles. The Labute approximate surface area is 144 Å². The third kappa shape index (κ3) is 2.59. The summed E-state index contributed by atoms with van der Waals surface area (Å²) in [6.07, 6.45) is 3.71. The largest absolute Gasteiger partial charge is 0.310 e. The quantitative estimate of drug-likeness (QED) is 0.543. The molecule has 0 amide bonds. The average molecular weight is 336 g/mol. The first-order valence-electron chi connectivity index (χ1n) is 7.71. The van der Waals surface area contributed by atoms with Crippen molar-refractivity contribution < 1.29 is 0 Å². The molecule has 1 aliphatic heterocycles. The minimum Gasteiger partial charge on any atom is -0.310 e. The lowest BCUT2D eigenvalue weighted by Crippen LogP contribution is -2.18. The van der Waals surface area contributed by atoms with Gasteiger partial charge in [-0.3, -0.25) is 9.36 Å². The summed E-state index contributed by atoms with van der Waals surface area (Å²) in [4.78, 5) is 23.4. The average Bonchev–Trinajstić information content (AvgIpc) is 3.07. The Hall–Kier alpha value is -2.60. The van der Waals surface area contributed by atoms with Crippen LogP contribution in [0.3, 0.4) is 0 Å². The molecule has 0 radical (unpaired) electrons. The van der Waals surface area contributed by atoms with E-state index in [1.165, 1.54) is 11.8 Å². The Morgan fingerprint density at radius 1 is 1.04 bits per heavy atom. The summed E-state index contributed by atoms with van der Waals surface area (Å²) in [5, 5.41) is 0.729. The molecule has 3 aromatic rings. The van der Waals surface area contributed by atoms with Gasteiger partial charge < -0.3 is 4.90 Å². The van der Waals surface area contributed by atoms with Crippen LogP contribution < -0.4 is 10.5 Å². The molecule has 0 saturated carbocycles. The topological polar surface area (TPSA) is 51.0 Å². The molecule has 0 fully saturated rings. The molecule has 0 aliphatic carbocycles. The Kier molecular flexibility index (Phi) is 3.82. The second-order valence-corrected chi connectivity index (χ2v) is 6.28. The number of hydrogen-bond acceptors (Lipinski definition) is 5. The molecule has 4 rings (SSSR count). The van der Waals surface area contributed by atoms with Crippen LogP contribution in [-0.4, -0.2) is 27.3 Å². The first kappa shape index (κ1) is 15.0. The number of benzene rings is 1. The van der Waals surface area contributed by atoms with Crippen molar-refractivity contribution in [3.63, 3.8) is 0 Å². The molecule has 120 valence electrons. The minimum absolute atomic E-state index is 0.0213. The molecule has 0 N–H and O–H groups in total. The van der Waals surface area contributed by atoms with Crippen molar-refractivity contribution in [2.24, 2.45) is 0 Å². The summed E-state index contributed by atoms with van der Waals surface area (Å²) in [7, 11) is 0. The second-order valence-electron chi connectivity index (χ2n) is 5.51. The SMILES string of the molecule is CSc1nccc(N2CCn3c2cc(-c2ccccc2)cc3=O)n1. The number of thioether (sulfide) groups is 1. The molecule has 6 heteroatoms. The minimum atomic E-state index is 0.0213. The van der Waals surface area contributed by atoms with E-state index in [2.05, 4.69) is 20.9 Å². The monoisotopic (exact) mass is 336 g/mol. The van der Waals surface area contributed by atoms with Crippen molar-refractivity contribution in [2.45, 2.75) is 11.7 Å². The zero-order valence-corrected chi connectivity index (χ0v) is 14.0. The van der Waals surface area contributed by atoms with Gasteiger partial charge in [-0.1, -0.05) is 42.1 Å². The summed E-state index contributed by atoms with van der Waals surface area (Å²) in [6, 6.07) is 15.6. The molecule has 0 saturated heterocycles. The van der Waals surface area contributed by atoms with Crippen molar-refractivity contribution >= 4 is 23.4 Å². The first-order valence-corrected chi connectivity index (χ1v) is 8.93.